The van der Waals surface area contributed by atoms with Crippen LogP contribution in [0.15, 0.2) is 41.2 Å². The van der Waals surface area contributed by atoms with Crippen molar-refractivity contribution in [1.29, 1.82) is 0 Å². The molecule has 0 spiro atoms. The van der Waals surface area contributed by atoms with Crippen molar-refractivity contribution in [3.05, 3.63) is 63.6 Å². The zero-order chi connectivity index (χ0) is 16.4. The lowest BCUT2D eigenvalue weighted by atomic mass is 10.1. The van der Waals surface area contributed by atoms with Crippen LogP contribution in [0, 0.1) is 6.92 Å². The summed E-state index contributed by atoms with van der Waals surface area (Å²) in [5.74, 6) is -1.09. The number of aromatic nitrogens is 3. The molecule has 1 aromatic carbocycles. The number of carboxylic acids is 1. The van der Waals surface area contributed by atoms with Crippen molar-refractivity contribution in [2.24, 2.45) is 0 Å². The van der Waals surface area contributed by atoms with Crippen LogP contribution in [0.4, 0.5) is 0 Å². The Bertz CT molecular complexity index is 910. The molecule has 0 aliphatic carbocycles. The molecule has 0 fully saturated rings. The number of nitrogens with one attached hydrogen (secondary N) is 1. The maximum absolute atomic E-state index is 11.7. The molecule has 3 aromatic rings. The lowest BCUT2D eigenvalue weighted by Gasteiger charge is -2.04. The Kier molecular flexibility index (Phi) is 3.97. The molecule has 0 aliphatic heterocycles. The summed E-state index contributed by atoms with van der Waals surface area (Å²) >= 11 is 0. The zero-order valence-electron chi connectivity index (χ0n) is 12.7. The van der Waals surface area contributed by atoms with Crippen LogP contribution in [0.25, 0.3) is 11.0 Å². The van der Waals surface area contributed by atoms with E-state index in [9.17, 15) is 14.7 Å². The molecule has 0 unspecified atom stereocenters. The quantitative estimate of drug-likeness (QED) is 0.757. The Morgan fingerprint density at radius 2 is 2.04 bits per heavy atom. The number of hydrogen-bond donors (Lipinski definition) is 2. The first-order valence-electron chi connectivity index (χ1n) is 7.44. The van der Waals surface area contributed by atoms with Crippen molar-refractivity contribution in [3.63, 3.8) is 0 Å². The molecule has 0 saturated carbocycles. The highest BCUT2D eigenvalue weighted by atomic mass is 16.4. The molecule has 6 nitrogen and oxygen atoms in total. The minimum Gasteiger partial charge on any atom is -0.476 e. The van der Waals surface area contributed by atoms with Gasteiger partial charge in [0.2, 0.25) is 5.56 Å². The molecular weight excluding hydrogens is 294 g/mol. The summed E-state index contributed by atoms with van der Waals surface area (Å²) < 4.78 is 1.58. The monoisotopic (exact) mass is 311 g/mol. The number of nitrogens with zero attached hydrogens (tertiary/aromatic N) is 2. The van der Waals surface area contributed by atoms with Gasteiger partial charge in [-0.2, -0.15) is 5.10 Å². The Labute approximate surface area is 132 Å². The molecule has 0 atom stereocenters. The zero-order valence-corrected chi connectivity index (χ0v) is 12.7. The van der Waals surface area contributed by atoms with Crippen LogP contribution in [0.3, 0.4) is 0 Å². The Hall–Kier alpha value is -2.89. The number of pyridine rings is 1. The van der Waals surface area contributed by atoms with E-state index in [0.29, 0.717) is 23.1 Å². The summed E-state index contributed by atoms with van der Waals surface area (Å²) in [6.07, 6.45) is 1.66. The van der Waals surface area contributed by atoms with Crippen molar-refractivity contribution in [2.75, 3.05) is 0 Å². The van der Waals surface area contributed by atoms with E-state index < -0.39 is 5.97 Å². The van der Waals surface area contributed by atoms with Gasteiger partial charge in [0.25, 0.3) is 0 Å². The first-order valence-corrected chi connectivity index (χ1v) is 7.44. The van der Waals surface area contributed by atoms with Crippen molar-refractivity contribution < 1.29 is 9.90 Å². The fraction of sp³-hybridized carbons (Fsp3) is 0.235. The van der Waals surface area contributed by atoms with E-state index in [4.69, 9.17) is 0 Å². The number of carbonyl (C=O) groups is 1. The van der Waals surface area contributed by atoms with Crippen LogP contribution >= 0.6 is 0 Å². The number of benzene rings is 1. The predicted molar refractivity (Wildman–Crippen MR) is 86.8 cm³/mol. The van der Waals surface area contributed by atoms with Crippen molar-refractivity contribution in [1.82, 2.24) is 14.8 Å². The third-order valence-corrected chi connectivity index (χ3v) is 3.82. The fourth-order valence-corrected chi connectivity index (χ4v) is 2.77. The van der Waals surface area contributed by atoms with Crippen molar-refractivity contribution in [3.8, 4) is 0 Å². The van der Waals surface area contributed by atoms with E-state index in [2.05, 4.69) is 22.2 Å². The van der Waals surface area contributed by atoms with Crippen molar-refractivity contribution >= 4 is 17.0 Å². The first kappa shape index (κ1) is 15.0. The van der Waals surface area contributed by atoms with E-state index in [1.807, 2.05) is 18.2 Å². The molecule has 23 heavy (non-hydrogen) atoms. The third kappa shape index (κ3) is 3.01. The lowest BCUT2D eigenvalue weighted by Crippen LogP contribution is -2.09. The minimum absolute atomic E-state index is 0.0199. The summed E-state index contributed by atoms with van der Waals surface area (Å²) in [6, 6.07) is 11.4. The van der Waals surface area contributed by atoms with Gasteiger partial charge in [-0.3, -0.25) is 4.79 Å². The van der Waals surface area contributed by atoms with Gasteiger partial charge in [0.15, 0.2) is 5.69 Å². The van der Waals surface area contributed by atoms with Gasteiger partial charge < -0.3 is 10.1 Å². The minimum atomic E-state index is -1.09. The average molecular weight is 311 g/mol. The van der Waals surface area contributed by atoms with Gasteiger partial charge in [-0.1, -0.05) is 30.3 Å². The smallest absolute Gasteiger partial charge is 0.357 e. The van der Waals surface area contributed by atoms with Gasteiger partial charge >= 0.3 is 5.97 Å². The SMILES string of the molecule is Cc1cc(=O)[nH]c2c1c(C(=O)O)nn2CCCc1ccccc1. The number of rotatable bonds is 5. The predicted octanol–water partition coefficient (Wildman–Crippen LogP) is 2.36. The van der Waals surface area contributed by atoms with Gasteiger partial charge in [0.1, 0.15) is 5.65 Å². The summed E-state index contributed by atoms with van der Waals surface area (Å²) in [6.45, 7) is 2.26. The Morgan fingerprint density at radius 1 is 1.30 bits per heavy atom. The van der Waals surface area contributed by atoms with Gasteiger partial charge in [-0.05, 0) is 30.9 Å². The second kappa shape index (κ2) is 6.08. The highest BCUT2D eigenvalue weighted by Gasteiger charge is 2.19. The van der Waals surface area contributed by atoms with Crippen LogP contribution < -0.4 is 5.56 Å². The van der Waals surface area contributed by atoms with Gasteiger partial charge in [0.05, 0.1) is 5.39 Å². The molecule has 0 radical (unpaired) electrons. The summed E-state index contributed by atoms with van der Waals surface area (Å²) in [4.78, 5) is 25.8. The number of hydrogen-bond acceptors (Lipinski definition) is 3. The highest BCUT2D eigenvalue weighted by molar-refractivity contribution is 6.01. The summed E-state index contributed by atoms with van der Waals surface area (Å²) in [5.41, 5.74) is 2.03. The first-order chi connectivity index (χ1) is 11.1. The molecule has 118 valence electrons. The average Bonchev–Trinajstić information content (AvgIpc) is 2.88. The number of aromatic amines is 1. The normalized spacial score (nSPS) is 11.0. The van der Waals surface area contributed by atoms with Gasteiger partial charge in [-0.15, -0.1) is 0 Å². The second-order valence-corrected chi connectivity index (χ2v) is 5.51. The van der Waals surface area contributed by atoms with Gasteiger partial charge in [-0.25, -0.2) is 9.48 Å². The Balaban J connectivity index is 1.91. The van der Waals surface area contributed by atoms with E-state index in [-0.39, 0.29) is 11.3 Å². The maximum atomic E-state index is 11.7. The van der Waals surface area contributed by atoms with E-state index in [0.717, 1.165) is 12.8 Å². The van der Waals surface area contributed by atoms with Crippen molar-refractivity contribution in [2.45, 2.75) is 26.3 Å². The molecule has 6 heteroatoms. The molecule has 3 rings (SSSR count). The highest BCUT2D eigenvalue weighted by Crippen LogP contribution is 2.20. The molecule has 0 bridgehead atoms. The largest absolute Gasteiger partial charge is 0.476 e. The van der Waals surface area contributed by atoms with Gasteiger partial charge in [0, 0.05) is 12.6 Å². The maximum Gasteiger partial charge on any atom is 0.357 e. The molecule has 0 saturated heterocycles. The number of fused-ring (bicyclic) bond motifs is 1. The molecule has 2 heterocycles. The Morgan fingerprint density at radius 3 is 2.74 bits per heavy atom. The number of aromatic carboxylic acids is 1. The summed E-state index contributed by atoms with van der Waals surface area (Å²) in [5, 5.41) is 14.0. The molecule has 2 aromatic heterocycles. The molecular formula is C17H17N3O3. The van der Waals surface area contributed by atoms with Crippen LogP contribution in [-0.4, -0.2) is 25.8 Å². The summed E-state index contributed by atoms with van der Waals surface area (Å²) in [7, 11) is 0. The fourth-order valence-electron chi connectivity index (χ4n) is 2.77. The number of aryl methyl sites for hydroxylation is 3. The van der Waals surface area contributed by atoms with E-state index in [1.54, 1.807) is 11.6 Å². The van der Waals surface area contributed by atoms with Crippen LogP contribution in [-0.2, 0) is 13.0 Å². The van der Waals surface area contributed by atoms with Crippen LogP contribution in [0.5, 0.6) is 0 Å². The van der Waals surface area contributed by atoms with Crippen LogP contribution in [0.2, 0.25) is 0 Å². The number of H-pyrrole nitrogens is 1. The second-order valence-electron chi connectivity index (χ2n) is 5.51. The molecule has 2 N–H and O–H groups in total. The topological polar surface area (TPSA) is 88.0 Å². The van der Waals surface area contributed by atoms with E-state index in [1.165, 1.54) is 11.6 Å². The van der Waals surface area contributed by atoms with E-state index >= 15 is 0 Å². The van der Waals surface area contributed by atoms with Crippen LogP contribution in [0.1, 0.15) is 28.0 Å². The molecule has 0 aliphatic rings. The number of carboxylic acid groups (broad SMARTS) is 1. The lowest BCUT2D eigenvalue weighted by molar-refractivity contribution is 0.0691. The third-order valence-electron chi connectivity index (χ3n) is 3.82. The standard InChI is InChI=1S/C17H17N3O3/c1-11-10-13(21)18-16-14(11)15(17(22)23)19-20(16)9-5-8-12-6-3-2-4-7-12/h2-4,6-7,10H,5,8-9H2,1H3,(H,18,21)(H,22,23). The molecule has 0 amide bonds.